The predicted octanol–water partition coefficient (Wildman–Crippen LogP) is 3.58. The fourth-order valence-corrected chi connectivity index (χ4v) is 2.77. The van der Waals surface area contributed by atoms with Crippen molar-refractivity contribution in [3.8, 4) is 5.75 Å². The number of amides is 2. The Hall–Kier alpha value is -2.82. The normalized spacial score (nSPS) is 10.5. The van der Waals surface area contributed by atoms with Gasteiger partial charge in [0.05, 0.1) is 11.8 Å². The van der Waals surface area contributed by atoms with Crippen molar-refractivity contribution in [1.29, 1.82) is 0 Å². The van der Waals surface area contributed by atoms with E-state index in [0.29, 0.717) is 24.5 Å². The fraction of sp³-hybridized carbons (Fsp3) is 0.364. The summed E-state index contributed by atoms with van der Waals surface area (Å²) >= 11 is 0. The molecule has 0 bridgehead atoms. The van der Waals surface area contributed by atoms with Crippen LogP contribution in [0.25, 0.3) is 0 Å². The van der Waals surface area contributed by atoms with Crippen LogP contribution in [0.2, 0.25) is 0 Å². The Kier molecular flexibility index (Phi) is 7.86. The molecule has 0 unspecified atom stereocenters. The molecule has 2 amide bonds. The summed E-state index contributed by atoms with van der Waals surface area (Å²) < 4.78 is 5.80. The zero-order valence-electron chi connectivity index (χ0n) is 16.3. The van der Waals surface area contributed by atoms with E-state index in [4.69, 9.17) is 4.74 Å². The number of carbonyl (C=O) groups excluding carboxylic acids is 2. The van der Waals surface area contributed by atoms with Gasteiger partial charge in [0.15, 0.2) is 0 Å². The highest BCUT2D eigenvalue weighted by molar-refractivity contribution is 5.93. The van der Waals surface area contributed by atoms with Crippen molar-refractivity contribution in [2.24, 2.45) is 0 Å². The Labute approximate surface area is 161 Å². The van der Waals surface area contributed by atoms with Crippen molar-refractivity contribution >= 4 is 17.5 Å². The van der Waals surface area contributed by atoms with Gasteiger partial charge in [-0.15, -0.1) is 0 Å². The number of ether oxygens (including phenoxy) is 1. The largest absolute Gasteiger partial charge is 0.489 e. The summed E-state index contributed by atoms with van der Waals surface area (Å²) in [6.07, 6.45) is 1.03. The van der Waals surface area contributed by atoms with Gasteiger partial charge in [0.2, 0.25) is 11.8 Å². The summed E-state index contributed by atoms with van der Waals surface area (Å²) in [6.45, 7) is 6.27. The quantitative estimate of drug-likeness (QED) is 0.736. The number of benzene rings is 2. The lowest BCUT2D eigenvalue weighted by atomic mass is 10.1. The second-order valence-electron chi connectivity index (χ2n) is 6.64. The molecule has 0 saturated carbocycles. The van der Waals surface area contributed by atoms with Crippen LogP contribution in [0, 0.1) is 0 Å². The first-order valence-corrected chi connectivity index (χ1v) is 9.31. The molecule has 0 aliphatic carbocycles. The minimum Gasteiger partial charge on any atom is -0.489 e. The van der Waals surface area contributed by atoms with Crippen molar-refractivity contribution in [3.05, 3.63) is 60.2 Å². The summed E-state index contributed by atoms with van der Waals surface area (Å²) in [5, 5.41) is 2.92. The van der Waals surface area contributed by atoms with Gasteiger partial charge >= 0.3 is 0 Å². The maximum atomic E-state index is 12.2. The summed E-state index contributed by atoms with van der Waals surface area (Å²) in [6, 6.07) is 17.4. The van der Waals surface area contributed by atoms with E-state index in [-0.39, 0.29) is 24.3 Å². The highest BCUT2D eigenvalue weighted by Gasteiger charge is 2.17. The average Bonchev–Trinajstić information content (AvgIpc) is 2.63. The van der Waals surface area contributed by atoms with Crippen LogP contribution in [0.3, 0.4) is 0 Å². The van der Waals surface area contributed by atoms with E-state index < -0.39 is 0 Å². The third kappa shape index (κ3) is 6.77. The molecule has 5 heteroatoms. The van der Waals surface area contributed by atoms with Crippen molar-refractivity contribution in [2.75, 3.05) is 18.0 Å². The Morgan fingerprint density at radius 3 is 2.37 bits per heavy atom. The summed E-state index contributed by atoms with van der Waals surface area (Å²) in [5.41, 5.74) is 1.87. The number of nitrogens with zero attached hydrogens (tertiary/aromatic N) is 1. The number of hydrogen-bond donors (Lipinski definition) is 1. The van der Waals surface area contributed by atoms with E-state index >= 15 is 0 Å². The molecule has 2 rings (SSSR count). The van der Waals surface area contributed by atoms with Crippen LogP contribution in [-0.2, 0) is 16.0 Å². The molecule has 0 fully saturated rings. The molecule has 2 aromatic rings. The zero-order valence-corrected chi connectivity index (χ0v) is 16.3. The van der Waals surface area contributed by atoms with Crippen LogP contribution in [0.5, 0.6) is 5.75 Å². The molecule has 0 aromatic heterocycles. The number of anilines is 1. The molecular weight excluding hydrogens is 340 g/mol. The first-order chi connectivity index (χ1) is 13.0. The van der Waals surface area contributed by atoms with Gasteiger partial charge in [-0.05, 0) is 38.0 Å². The molecular formula is C22H28N2O3. The monoisotopic (exact) mass is 368 g/mol. The van der Waals surface area contributed by atoms with E-state index in [2.05, 4.69) is 5.32 Å². The number of hydrogen-bond acceptors (Lipinski definition) is 3. The number of para-hydroxylation sites is 2. The number of rotatable bonds is 9. The molecule has 0 spiro atoms. The van der Waals surface area contributed by atoms with Crippen molar-refractivity contribution in [3.63, 3.8) is 0 Å². The lowest BCUT2D eigenvalue weighted by Crippen LogP contribution is -2.34. The first-order valence-electron chi connectivity index (χ1n) is 9.31. The smallest absolute Gasteiger partial charge is 0.223 e. The standard InChI is InChI=1S/C22H28N2O3/c1-17(2)27-21-12-8-7-11-20(21)24(18(3)25)16-14-22(26)23-15-13-19-9-5-4-6-10-19/h4-12,17H,13-16H2,1-3H3,(H,23,26). The first kappa shape index (κ1) is 20.5. The maximum Gasteiger partial charge on any atom is 0.223 e. The van der Waals surface area contributed by atoms with Crippen LogP contribution in [-0.4, -0.2) is 31.0 Å². The summed E-state index contributed by atoms with van der Waals surface area (Å²) in [5.74, 6) is 0.457. The second-order valence-corrected chi connectivity index (χ2v) is 6.64. The van der Waals surface area contributed by atoms with E-state index in [1.807, 2.05) is 68.4 Å². The molecule has 27 heavy (non-hydrogen) atoms. The van der Waals surface area contributed by atoms with Crippen LogP contribution in [0.1, 0.15) is 32.8 Å². The lowest BCUT2D eigenvalue weighted by Gasteiger charge is -2.24. The third-order valence-electron chi connectivity index (χ3n) is 4.04. The number of nitrogens with one attached hydrogen (secondary N) is 1. The van der Waals surface area contributed by atoms with Crippen molar-refractivity contribution < 1.29 is 14.3 Å². The van der Waals surface area contributed by atoms with Gasteiger partial charge in [0, 0.05) is 26.4 Å². The Balaban J connectivity index is 1.91. The second kappa shape index (κ2) is 10.4. The Morgan fingerprint density at radius 2 is 1.70 bits per heavy atom. The molecule has 0 aliphatic heterocycles. The minimum absolute atomic E-state index is 0.00115. The molecule has 0 atom stereocenters. The average molecular weight is 368 g/mol. The molecule has 144 valence electrons. The SMILES string of the molecule is CC(=O)N(CCC(=O)NCCc1ccccc1)c1ccccc1OC(C)C. The molecule has 0 radical (unpaired) electrons. The predicted molar refractivity (Wildman–Crippen MR) is 108 cm³/mol. The summed E-state index contributed by atoms with van der Waals surface area (Å²) in [7, 11) is 0. The van der Waals surface area contributed by atoms with Crippen molar-refractivity contribution in [1.82, 2.24) is 5.32 Å². The van der Waals surface area contributed by atoms with Gasteiger partial charge < -0.3 is 15.0 Å². The number of carbonyl (C=O) groups is 2. The summed E-state index contributed by atoms with van der Waals surface area (Å²) in [4.78, 5) is 25.9. The van der Waals surface area contributed by atoms with E-state index in [1.165, 1.54) is 12.5 Å². The Morgan fingerprint density at radius 1 is 1.04 bits per heavy atom. The van der Waals surface area contributed by atoms with E-state index in [1.54, 1.807) is 4.90 Å². The molecule has 0 aliphatic rings. The molecule has 1 N–H and O–H groups in total. The van der Waals surface area contributed by atoms with Gasteiger partial charge in [-0.1, -0.05) is 42.5 Å². The van der Waals surface area contributed by atoms with Crippen molar-refractivity contribution in [2.45, 2.75) is 39.7 Å². The highest BCUT2D eigenvalue weighted by atomic mass is 16.5. The molecule has 2 aromatic carbocycles. The fourth-order valence-electron chi connectivity index (χ4n) is 2.77. The molecule has 0 saturated heterocycles. The van der Waals surface area contributed by atoms with E-state index in [9.17, 15) is 9.59 Å². The molecule has 0 heterocycles. The topological polar surface area (TPSA) is 58.6 Å². The maximum absolute atomic E-state index is 12.2. The van der Waals surface area contributed by atoms with E-state index in [0.717, 1.165) is 6.42 Å². The third-order valence-corrected chi connectivity index (χ3v) is 4.04. The lowest BCUT2D eigenvalue weighted by molar-refractivity contribution is -0.121. The van der Waals surface area contributed by atoms with Gasteiger partial charge in [0.1, 0.15) is 5.75 Å². The van der Waals surface area contributed by atoms with Gasteiger partial charge in [-0.3, -0.25) is 9.59 Å². The minimum atomic E-state index is -0.119. The van der Waals surface area contributed by atoms with Crippen LogP contribution in [0.15, 0.2) is 54.6 Å². The molecule has 5 nitrogen and oxygen atoms in total. The highest BCUT2D eigenvalue weighted by Crippen LogP contribution is 2.29. The van der Waals surface area contributed by atoms with Crippen LogP contribution in [0.4, 0.5) is 5.69 Å². The zero-order chi connectivity index (χ0) is 19.6. The van der Waals surface area contributed by atoms with Gasteiger partial charge in [0.25, 0.3) is 0 Å². The van der Waals surface area contributed by atoms with Gasteiger partial charge in [-0.25, -0.2) is 0 Å². The Bertz CT molecular complexity index is 744. The van der Waals surface area contributed by atoms with Crippen LogP contribution < -0.4 is 15.0 Å². The van der Waals surface area contributed by atoms with Gasteiger partial charge in [-0.2, -0.15) is 0 Å². The van der Waals surface area contributed by atoms with Crippen LogP contribution >= 0.6 is 0 Å².